The van der Waals surface area contributed by atoms with Gasteiger partial charge in [0.1, 0.15) is 6.61 Å². The summed E-state index contributed by atoms with van der Waals surface area (Å²) >= 11 is 0. The number of unbranched alkanes of at least 4 members (excludes halogenated alkanes) is 27. The third-order valence-corrected chi connectivity index (χ3v) is 9.77. The second kappa shape index (κ2) is 37.5. The van der Waals surface area contributed by atoms with Gasteiger partial charge in [-0.05, 0) is 38.5 Å². The molecule has 0 amide bonds. The number of rotatable bonds is 39. The van der Waals surface area contributed by atoms with Crippen LogP contribution in [0.2, 0.25) is 0 Å². The molecule has 0 aromatic carbocycles. The minimum absolute atomic E-state index is 0.216. The van der Waals surface area contributed by atoms with Gasteiger partial charge >= 0.3 is 19.8 Å². The standard InChI is InChI=1S/C41H79O8P/c1-3-5-7-9-11-13-15-17-18-19-20-21-22-24-26-28-30-32-34-36-41(43)49-39(38-48-50(44,45)46)37-47-40(42)35-33-31-29-27-25-23-16-14-12-10-8-6-4-2/h14,16,39H,3-13,15,17-38H2,1-2H3,(H2,44,45,46)/b16-14-/t39-/m1/s1. The predicted molar refractivity (Wildman–Crippen MR) is 207 cm³/mol. The quantitative estimate of drug-likeness (QED) is 0.0278. The number of hydrogen-bond acceptors (Lipinski definition) is 6. The number of phosphoric ester groups is 1. The fourth-order valence-electron chi connectivity index (χ4n) is 6.13. The Kier molecular flexibility index (Phi) is 36.6. The van der Waals surface area contributed by atoms with Crippen molar-refractivity contribution in [3.8, 4) is 0 Å². The van der Waals surface area contributed by atoms with Crippen molar-refractivity contribution < 1.29 is 37.9 Å². The summed E-state index contributed by atoms with van der Waals surface area (Å²) in [5.41, 5.74) is 0. The highest BCUT2D eigenvalue weighted by molar-refractivity contribution is 7.46. The molecule has 0 spiro atoms. The molecule has 0 heterocycles. The molecule has 0 saturated carbocycles. The molecule has 2 N–H and O–H groups in total. The number of ether oxygens (including phenoxy) is 2. The molecule has 0 fully saturated rings. The van der Waals surface area contributed by atoms with Gasteiger partial charge in [-0.3, -0.25) is 14.1 Å². The molecule has 1 atom stereocenters. The van der Waals surface area contributed by atoms with E-state index in [4.69, 9.17) is 19.3 Å². The van der Waals surface area contributed by atoms with E-state index >= 15 is 0 Å². The first-order valence-corrected chi connectivity index (χ1v) is 22.5. The van der Waals surface area contributed by atoms with E-state index in [9.17, 15) is 14.2 Å². The van der Waals surface area contributed by atoms with E-state index in [-0.39, 0.29) is 19.4 Å². The topological polar surface area (TPSA) is 119 Å². The molecular formula is C41H79O8P. The normalized spacial score (nSPS) is 12.5. The molecule has 0 aromatic rings. The van der Waals surface area contributed by atoms with Crippen LogP contribution in [-0.2, 0) is 28.2 Å². The highest BCUT2D eigenvalue weighted by Crippen LogP contribution is 2.36. The zero-order valence-electron chi connectivity index (χ0n) is 32.6. The lowest BCUT2D eigenvalue weighted by Crippen LogP contribution is -2.29. The van der Waals surface area contributed by atoms with E-state index in [0.717, 1.165) is 51.4 Å². The fourth-order valence-corrected chi connectivity index (χ4v) is 6.49. The smallest absolute Gasteiger partial charge is 0.462 e. The van der Waals surface area contributed by atoms with Gasteiger partial charge in [0, 0.05) is 12.8 Å². The Bertz CT molecular complexity index is 827. The summed E-state index contributed by atoms with van der Waals surface area (Å²) in [6.07, 6.45) is 40.8. The predicted octanol–water partition coefficient (Wildman–Crippen LogP) is 12.6. The second-order valence-electron chi connectivity index (χ2n) is 14.3. The monoisotopic (exact) mass is 731 g/mol. The number of carbonyl (C=O) groups excluding carboxylic acids is 2. The van der Waals surface area contributed by atoms with Crippen LogP contribution in [0.5, 0.6) is 0 Å². The van der Waals surface area contributed by atoms with Gasteiger partial charge in [-0.1, -0.05) is 180 Å². The van der Waals surface area contributed by atoms with Crippen molar-refractivity contribution >= 4 is 19.8 Å². The van der Waals surface area contributed by atoms with Crippen molar-refractivity contribution in [2.24, 2.45) is 0 Å². The zero-order chi connectivity index (χ0) is 36.8. The molecule has 8 nitrogen and oxygen atoms in total. The van der Waals surface area contributed by atoms with Gasteiger partial charge in [-0.15, -0.1) is 0 Å². The van der Waals surface area contributed by atoms with Gasteiger partial charge in [-0.25, -0.2) is 4.57 Å². The second-order valence-corrected chi connectivity index (χ2v) is 15.6. The van der Waals surface area contributed by atoms with Gasteiger partial charge < -0.3 is 19.3 Å². The van der Waals surface area contributed by atoms with Crippen LogP contribution in [0, 0.1) is 0 Å². The lowest BCUT2D eigenvalue weighted by atomic mass is 10.0. The van der Waals surface area contributed by atoms with Crippen molar-refractivity contribution in [1.82, 2.24) is 0 Å². The molecule has 0 radical (unpaired) electrons. The van der Waals surface area contributed by atoms with Crippen LogP contribution in [0.3, 0.4) is 0 Å². The molecule has 0 aromatic heterocycles. The Morgan fingerprint density at radius 1 is 0.500 bits per heavy atom. The molecule has 0 unspecified atom stereocenters. The molecule has 9 heteroatoms. The first-order chi connectivity index (χ1) is 24.3. The van der Waals surface area contributed by atoms with Crippen LogP contribution in [0.25, 0.3) is 0 Å². The first-order valence-electron chi connectivity index (χ1n) is 21.0. The first kappa shape index (κ1) is 48.8. The van der Waals surface area contributed by atoms with Crippen LogP contribution in [-0.4, -0.2) is 41.0 Å². The minimum Gasteiger partial charge on any atom is -0.462 e. The van der Waals surface area contributed by atoms with Crippen molar-refractivity contribution in [3.05, 3.63) is 12.2 Å². The maximum absolute atomic E-state index is 12.4. The average Bonchev–Trinajstić information content (AvgIpc) is 3.08. The van der Waals surface area contributed by atoms with E-state index in [1.807, 2.05) is 0 Å². The van der Waals surface area contributed by atoms with E-state index in [1.54, 1.807) is 0 Å². The van der Waals surface area contributed by atoms with Crippen molar-refractivity contribution in [2.75, 3.05) is 13.2 Å². The largest absolute Gasteiger partial charge is 0.469 e. The van der Waals surface area contributed by atoms with Crippen LogP contribution in [0.1, 0.15) is 219 Å². The fraction of sp³-hybridized carbons (Fsp3) is 0.902. The third kappa shape index (κ3) is 39.6. The summed E-state index contributed by atoms with van der Waals surface area (Å²) in [6, 6.07) is 0. The highest BCUT2D eigenvalue weighted by atomic mass is 31.2. The van der Waals surface area contributed by atoms with E-state index < -0.39 is 32.5 Å². The van der Waals surface area contributed by atoms with Gasteiger partial charge in [-0.2, -0.15) is 0 Å². The maximum atomic E-state index is 12.4. The molecule has 0 rings (SSSR count). The number of hydrogen-bond donors (Lipinski definition) is 2. The van der Waals surface area contributed by atoms with E-state index in [1.165, 1.54) is 135 Å². The minimum atomic E-state index is -4.75. The highest BCUT2D eigenvalue weighted by Gasteiger charge is 2.22. The lowest BCUT2D eigenvalue weighted by Gasteiger charge is -2.18. The van der Waals surface area contributed by atoms with Crippen molar-refractivity contribution in [2.45, 2.75) is 225 Å². The lowest BCUT2D eigenvalue weighted by molar-refractivity contribution is -0.161. The van der Waals surface area contributed by atoms with Crippen LogP contribution in [0.15, 0.2) is 12.2 Å². The molecule has 296 valence electrons. The molecule has 0 aliphatic heterocycles. The molecule has 0 bridgehead atoms. The average molecular weight is 731 g/mol. The Balaban J connectivity index is 3.87. The molecule has 0 aliphatic carbocycles. The SMILES string of the molecule is CCCCCC/C=C\CCCCCCCC(=O)OC[C@H](COP(=O)(O)O)OC(=O)CCCCCCCCCCCCCCCCCCCCC. The summed E-state index contributed by atoms with van der Waals surface area (Å²) in [6.45, 7) is 3.68. The third-order valence-electron chi connectivity index (χ3n) is 9.28. The van der Waals surface area contributed by atoms with E-state index in [0.29, 0.717) is 6.42 Å². The van der Waals surface area contributed by atoms with Crippen LogP contribution >= 0.6 is 7.82 Å². The van der Waals surface area contributed by atoms with Gasteiger partial charge in [0.05, 0.1) is 6.61 Å². The summed E-state index contributed by atoms with van der Waals surface area (Å²) < 4.78 is 26.4. The van der Waals surface area contributed by atoms with Crippen LogP contribution in [0.4, 0.5) is 0 Å². The summed E-state index contributed by atoms with van der Waals surface area (Å²) in [4.78, 5) is 42.8. The summed E-state index contributed by atoms with van der Waals surface area (Å²) in [5, 5.41) is 0. The van der Waals surface area contributed by atoms with Crippen molar-refractivity contribution in [1.29, 1.82) is 0 Å². The number of carbonyl (C=O) groups is 2. The van der Waals surface area contributed by atoms with Crippen molar-refractivity contribution in [3.63, 3.8) is 0 Å². The maximum Gasteiger partial charge on any atom is 0.469 e. The molecular weight excluding hydrogens is 651 g/mol. The summed E-state index contributed by atoms with van der Waals surface area (Å²) in [7, 11) is -4.75. The Hall–Kier alpha value is -1.21. The van der Waals surface area contributed by atoms with Crippen LogP contribution < -0.4 is 0 Å². The number of esters is 2. The van der Waals surface area contributed by atoms with Gasteiger partial charge in [0.25, 0.3) is 0 Å². The Labute approximate surface area is 307 Å². The molecule has 0 saturated heterocycles. The number of phosphoric acid groups is 1. The Morgan fingerprint density at radius 3 is 1.24 bits per heavy atom. The Morgan fingerprint density at radius 2 is 0.840 bits per heavy atom. The molecule has 50 heavy (non-hydrogen) atoms. The summed E-state index contributed by atoms with van der Waals surface area (Å²) in [5.74, 6) is -0.884. The van der Waals surface area contributed by atoms with E-state index in [2.05, 4.69) is 30.5 Å². The number of allylic oxidation sites excluding steroid dienone is 2. The molecule has 0 aliphatic rings. The van der Waals surface area contributed by atoms with Gasteiger partial charge in [0.2, 0.25) is 0 Å². The zero-order valence-corrected chi connectivity index (χ0v) is 33.5. The van der Waals surface area contributed by atoms with Gasteiger partial charge in [0.15, 0.2) is 6.10 Å².